The van der Waals surface area contributed by atoms with Crippen molar-refractivity contribution >= 4 is 23.5 Å². The van der Waals surface area contributed by atoms with Crippen LogP contribution in [-0.2, 0) is 9.53 Å². The molecule has 1 aliphatic rings. The molecule has 186 valence electrons. The molecule has 0 saturated carbocycles. The number of halogens is 1. The highest BCUT2D eigenvalue weighted by Gasteiger charge is 2.29. The number of hydrogen-bond donors (Lipinski definition) is 0. The maximum absolute atomic E-state index is 12.6. The van der Waals surface area contributed by atoms with Gasteiger partial charge in [0.2, 0.25) is 0 Å². The van der Waals surface area contributed by atoms with Crippen molar-refractivity contribution in [2.45, 2.75) is 103 Å². The summed E-state index contributed by atoms with van der Waals surface area (Å²) in [6, 6.07) is 7.12. The molecule has 1 aliphatic heterocycles. The highest BCUT2D eigenvalue weighted by atomic mass is 35.5. The average molecular weight is 478 g/mol. The molecule has 0 radical (unpaired) electrons. The first-order chi connectivity index (χ1) is 16.1. The van der Waals surface area contributed by atoms with Crippen LogP contribution in [0.2, 0.25) is 5.02 Å². The lowest BCUT2D eigenvalue weighted by molar-refractivity contribution is -0.150. The molecule has 33 heavy (non-hydrogen) atoms. The second-order valence-corrected chi connectivity index (χ2v) is 9.86. The molecule has 5 heteroatoms. The fraction of sp³-hybridized carbons (Fsp3) is 0.714. The van der Waals surface area contributed by atoms with Crippen LogP contribution in [0.5, 0.6) is 0 Å². The summed E-state index contributed by atoms with van der Waals surface area (Å²) in [6.07, 6.45) is 18.3. The highest BCUT2D eigenvalue weighted by molar-refractivity contribution is 6.33. The minimum atomic E-state index is -0.0984. The van der Waals surface area contributed by atoms with Crippen LogP contribution in [0, 0.1) is 5.92 Å². The third-order valence-corrected chi connectivity index (χ3v) is 7.04. The number of likely N-dealkylation sites (tertiary alicyclic amines) is 1. The molecule has 0 unspecified atom stereocenters. The predicted molar refractivity (Wildman–Crippen MR) is 137 cm³/mol. The summed E-state index contributed by atoms with van der Waals surface area (Å²) < 4.78 is 5.52. The van der Waals surface area contributed by atoms with E-state index in [1.807, 2.05) is 12.1 Å². The second kappa shape index (κ2) is 17.0. The van der Waals surface area contributed by atoms with Gasteiger partial charge in [0.1, 0.15) is 0 Å². The van der Waals surface area contributed by atoms with Crippen molar-refractivity contribution in [2.75, 3.05) is 19.7 Å². The van der Waals surface area contributed by atoms with Gasteiger partial charge >= 0.3 is 5.97 Å². The summed E-state index contributed by atoms with van der Waals surface area (Å²) in [5, 5.41) is 0.474. The summed E-state index contributed by atoms with van der Waals surface area (Å²) in [5.41, 5.74) is 0.530. The Hall–Kier alpha value is -1.55. The maximum Gasteiger partial charge on any atom is 0.309 e. The number of esters is 1. The Morgan fingerprint density at radius 1 is 0.848 bits per heavy atom. The molecular formula is C28H44ClNO3. The van der Waals surface area contributed by atoms with E-state index in [-0.39, 0.29) is 17.8 Å². The van der Waals surface area contributed by atoms with E-state index in [1.165, 1.54) is 70.6 Å². The number of amides is 1. The van der Waals surface area contributed by atoms with Crippen LogP contribution >= 0.6 is 11.6 Å². The lowest BCUT2D eigenvalue weighted by Gasteiger charge is -2.31. The third-order valence-electron chi connectivity index (χ3n) is 6.71. The third kappa shape index (κ3) is 10.9. The maximum atomic E-state index is 12.6. The van der Waals surface area contributed by atoms with Crippen molar-refractivity contribution in [3.05, 3.63) is 34.9 Å². The Labute approximate surface area is 206 Å². The molecule has 2 rings (SSSR count). The summed E-state index contributed by atoms with van der Waals surface area (Å²) >= 11 is 6.15. The van der Waals surface area contributed by atoms with Gasteiger partial charge in [-0.1, -0.05) is 108 Å². The van der Waals surface area contributed by atoms with Gasteiger partial charge in [-0.05, 0) is 31.4 Å². The van der Waals surface area contributed by atoms with E-state index in [1.54, 1.807) is 17.0 Å². The van der Waals surface area contributed by atoms with Crippen molar-refractivity contribution in [3.63, 3.8) is 0 Å². The van der Waals surface area contributed by atoms with Crippen molar-refractivity contribution in [1.29, 1.82) is 0 Å². The zero-order valence-electron chi connectivity index (χ0n) is 20.7. The molecule has 1 fully saturated rings. The van der Waals surface area contributed by atoms with Gasteiger partial charge in [-0.25, -0.2) is 0 Å². The Morgan fingerprint density at radius 2 is 1.36 bits per heavy atom. The summed E-state index contributed by atoms with van der Waals surface area (Å²) in [7, 11) is 0. The number of carbonyl (C=O) groups is 2. The number of nitrogens with zero attached hydrogens (tertiary/aromatic N) is 1. The number of ether oxygens (including phenoxy) is 1. The first-order valence-electron chi connectivity index (χ1n) is 13.3. The molecule has 0 atom stereocenters. The van der Waals surface area contributed by atoms with Crippen molar-refractivity contribution in [3.8, 4) is 0 Å². The second-order valence-electron chi connectivity index (χ2n) is 9.46. The van der Waals surface area contributed by atoms with Crippen LogP contribution in [0.15, 0.2) is 24.3 Å². The standard InChI is InChI=1S/C28H44ClNO3/c1-2-3-4-5-6-7-8-9-10-11-12-13-16-23-33-28(32)24-19-21-30(22-20-24)27(31)25-17-14-15-18-26(25)29/h14-15,17-18,24H,2-13,16,19-23H2,1H3. The number of carbonyl (C=O) groups excluding carboxylic acids is 2. The zero-order valence-corrected chi connectivity index (χ0v) is 21.4. The van der Waals surface area contributed by atoms with Crippen molar-refractivity contribution in [1.82, 2.24) is 4.90 Å². The molecule has 0 aromatic heterocycles. The number of unbranched alkanes of at least 4 members (excludes halogenated alkanes) is 12. The van der Waals surface area contributed by atoms with E-state index < -0.39 is 0 Å². The van der Waals surface area contributed by atoms with E-state index >= 15 is 0 Å². The average Bonchev–Trinajstić information content (AvgIpc) is 2.84. The van der Waals surface area contributed by atoms with Crippen LogP contribution in [0.1, 0.15) is 114 Å². The smallest absolute Gasteiger partial charge is 0.309 e. The van der Waals surface area contributed by atoms with E-state index in [0.717, 1.165) is 12.8 Å². The Kier molecular flexibility index (Phi) is 14.2. The molecule has 4 nitrogen and oxygen atoms in total. The molecule has 1 amide bonds. The summed E-state index contributed by atoms with van der Waals surface area (Å²) in [5.74, 6) is -0.250. The van der Waals surface area contributed by atoms with Crippen LogP contribution < -0.4 is 0 Å². The molecule has 1 heterocycles. The Morgan fingerprint density at radius 3 is 1.91 bits per heavy atom. The number of piperidine rings is 1. The molecule has 0 bridgehead atoms. The number of rotatable bonds is 16. The first-order valence-corrected chi connectivity index (χ1v) is 13.7. The molecule has 0 spiro atoms. The summed E-state index contributed by atoms with van der Waals surface area (Å²) in [4.78, 5) is 26.8. The predicted octanol–water partition coefficient (Wildman–Crippen LogP) is 7.83. The van der Waals surface area contributed by atoms with Crippen molar-refractivity contribution in [2.24, 2.45) is 5.92 Å². The van der Waals surface area contributed by atoms with Crippen LogP contribution in [0.25, 0.3) is 0 Å². The minimum absolute atomic E-state index is 0.0561. The zero-order chi connectivity index (χ0) is 23.7. The summed E-state index contributed by atoms with van der Waals surface area (Å²) in [6.45, 7) is 3.93. The van der Waals surface area contributed by atoms with Gasteiger partial charge in [0.05, 0.1) is 23.1 Å². The van der Waals surface area contributed by atoms with E-state index in [9.17, 15) is 9.59 Å². The number of hydrogen-bond acceptors (Lipinski definition) is 3. The van der Waals surface area contributed by atoms with Crippen molar-refractivity contribution < 1.29 is 14.3 Å². The van der Waals surface area contributed by atoms with Crippen LogP contribution in [-0.4, -0.2) is 36.5 Å². The van der Waals surface area contributed by atoms with Gasteiger partial charge in [0.25, 0.3) is 5.91 Å². The van der Waals surface area contributed by atoms with Gasteiger partial charge < -0.3 is 9.64 Å². The minimum Gasteiger partial charge on any atom is -0.465 e. The lowest BCUT2D eigenvalue weighted by atomic mass is 9.96. The fourth-order valence-electron chi connectivity index (χ4n) is 4.53. The SMILES string of the molecule is CCCCCCCCCCCCCCCOC(=O)C1CCN(C(=O)c2ccccc2Cl)CC1. The normalized spacial score (nSPS) is 14.4. The van der Waals surface area contributed by atoms with Gasteiger partial charge in [0, 0.05) is 13.1 Å². The lowest BCUT2D eigenvalue weighted by Crippen LogP contribution is -2.40. The molecular weight excluding hydrogens is 434 g/mol. The van der Waals surface area contributed by atoms with Gasteiger partial charge in [-0.15, -0.1) is 0 Å². The van der Waals surface area contributed by atoms with Gasteiger partial charge in [-0.2, -0.15) is 0 Å². The molecule has 0 aliphatic carbocycles. The van der Waals surface area contributed by atoms with E-state index in [4.69, 9.17) is 16.3 Å². The van der Waals surface area contributed by atoms with Crippen LogP contribution in [0.4, 0.5) is 0 Å². The molecule has 1 aromatic rings. The fourth-order valence-corrected chi connectivity index (χ4v) is 4.75. The topological polar surface area (TPSA) is 46.6 Å². The van der Waals surface area contributed by atoms with Gasteiger partial charge in [-0.3, -0.25) is 9.59 Å². The van der Waals surface area contributed by atoms with E-state index in [2.05, 4.69) is 6.92 Å². The number of benzene rings is 1. The van der Waals surface area contributed by atoms with Gasteiger partial charge in [0.15, 0.2) is 0 Å². The first kappa shape index (κ1) is 27.7. The molecule has 1 aromatic carbocycles. The highest BCUT2D eigenvalue weighted by Crippen LogP contribution is 2.23. The van der Waals surface area contributed by atoms with E-state index in [0.29, 0.717) is 43.1 Å². The largest absolute Gasteiger partial charge is 0.465 e. The van der Waals surface area contributed by atoms with Crippen LogP contribution in [0.3, 0.4) is 0 Å². The Balaban J connectivity index is 1.45. The molecule has 0 N–H and O–H groups in total. The quantitative estimate of drug-likeness (QED) is 0.180. The Bertz CT molecular complexity index is 685. The monoisotopic (exact) mass is 477 g/mol. The molecule has 1 saturated heterocycles.